The third kappa shape index (κ3) is 6.78. The van der Waals surface area contributed by atoms with Gasteiger partial charge in [0.15, 0.2) is 0 Å². The minimum Gasteiger partial charge on any atom is -0.472 e. The van der Waals surface area contributed by atoms with Crippen LogP contribution in [0, 0.1) is 0 Å². The van der Waals surface area contributed by atoms with Crippen LogP contribution >= 0.6 is 0 Å². The predicted octanol–water partition coefficient (Wildman–Crippen LogP) is 14.6. The molecule has 0 unspecified atom stereocenters. The lowest BCUT2D eigenvalue weighted by Gasteiger charge is -2.45. The highest BCUT2D eigenvalue weighted by Crippen LogP contribution is 2.56. The molecule has 3 nitrogen and oxygen atoms in total. The van der Waals surface area contributed by atoms with Gasteiger partial charge in [-0.2, -0.15) is 0 Å². The van der Waals surface area contributed by atoms with Crippen molar-refractivity contribution in [3.8, 4) is 11.1 Å². The average Bonchev–Trinajstić information content (AvgIpc) is 3.61. The van der Waals surface area contributed by atoms with E-state index >= 15 is 0 Å². The molecule has 0 saturated heterocycles. The van der Waals surface area contributed by atoms with E-state index in [2.05, 4.69) is 224 Å². The van der Waals surface area contributed by atoms with Crippen LogP contribution in [0.1, 0.15) is 157 Å². The Morgan fingerprint density at radius 2 is 1.02 bits per heavy atom. The molecule has 0 amide bonds. The molecule has 9 rings (SSSR count). The number of furan rings is 1. The van der Waals surface area contributed by atoms with E-state index in [1.165, 1.54) is 84.0 Å². The summed E-state index contributed by atoms with van der Waals surface area (Å²) in [6.45, 7) is 37.6. The van der Waals surface area contributed by atoms with Crippen LogP contribution in [0.3, 0.4) is 0 Å². The normalized spacial score (nSPS) is 16.7. The van der Waals surface area contributed by atoms with Gasteiger partial charge in [0.05, 0.1) is 17.0 Å². The van der Waals surface area contributed by atoms with E-state index in [9.17, 15) is 0 Å². The van der Waals surface area contributed by atoms with Crippen LogP contribution in [-0.4, -0.2) is 6.71 Å². The molecule has 3 heterocycles. The van der Waals surface area contributed by atoms with Crippen molar-refractivity contribution in [1.82, 2.24) is 0 Å². The van der Waals surface area contributed by atoms with E-state index in [1.807, 2.05) is 0 Å². The molecule has 0 fully saturated rings. The molecule has 0 N–H and O–H groups in total. The fraction of sp³-hybridized carbons (Fsp3) is 0.414. The van der Waals surface area contributed by atoms with Crippen molar-refractivity contribution in [2.75, 3.05) is 9.80 Å². The Kier molecular flexibility index (Phi) is 9.41. The number of hydrogen-bond acceptors (Lipinski definition) is 3. The Morgan fingerprint density at radius 1 is 0.500 bits per heavy atom. The van der Waals surface area contributed by atoms with Gasteiger partial charge in [0.25, 0.3) is 6.71 Å². The highest BCUT2D eigenvalue weighted by atomic mass is 16.3. The third-order valence-electron chi connectivity index (χ3n) is 14.5. The molecule has 1 aliphatic carbocycles. The van der Waals surface area contributed by atoms with Gasteiger partial charge in [-0.3, -0.25) is 0 Å². The number of fused-ring (bicyclic) bond motifs is 6. The Hall–Kier alpha value is -4.96. The molecule has 4 heteroatoms. The Balaban J connectivity index is 1.47. The van der Waals surface area contributed by atoms with Crippen molar-refractivity contribution >= 4 is 57.4 Å². The molecule has 62 heavy (non-hydrogen) atoms. The molecule has 320 valence electrons. The molecular formula is C58H69BN2O. The zero-order valence-corrected chi connectivity index (χ0v) is 40.6. The number of nitrogens with zero attached hydrogens (tertiary/aromatic N) is 2. The average molecular weight is 821 g/mol. The second-order valence-corrected chi connectivity index (χ2v) is 24.2. The molecule has 5 aromatic carbocycles. The van der Waals surface area contributed by atoms with Crippen molar-refractivity contribution in [2.24, 2.45) is 0 Å². The minimum absolute atomic E-state index is 0.0239. The second kappa shape index (κ2) is 13.8. The van der Waals surface area contributed by atoms with Crippen LogP contribution in [0.4, 0.5) is 34.1 Å². The summed E-state index contributed by atoms with van der Waals surface area (Å²) in [7, 11) is 0. The summed E-state index contributed by atoms with van der Waals surface area (Å²) < 4.78 is 7.72. The minimum atomic E-state index is -0.124. The summed E-state index contributed by atoms with van der Waals surface area (Å²) in [5.74, 6) is 1.15. The van der Waals surface area contributed by atoms with Crippen molar-refractivity contribution in [1.29, 1.82) is 0 Å². The fourth-order valence-electron chi connectivity index (χ4n) is 10.4. The lowest BCUT2D eigenvalue weighted by Crippen LogP contribution is -2.61. The summed E-state index contributed by atoms with van der Waals surface area (Å²) in [4.78, 5) is 5.24. The van der Waals surface area contributed by atoms with Crippen molar-refractivity contribution in [2.45, 2.75) is 156 Å². The largest absolute Gasteiger partial charge is 0.472 e. The summed E-state index contributed by atoms with van der Waals surface area (Å²) >= 11 is 0. The topological polar surface area (TPSA) is 19.6 Å². The molecule has 2 aliphatic heterocycles. The van der Waals surface area contributed by atoms with Crippen LogP contribution in [0.25, 0.3) is 11.1 Å². The zero-order valence-electron chi connectivity index (χ0n) is 40.6. The van der Waals surface area contributed by atoms with E-state index in [-0.39, 0.29) is 39.2 Å². The van der Waals surface area contributed by atoms with Gasteiger partial charge in [-0.05, 0) is 121 Å². The first-order valence-electron chi connectivity index (χ1n) is 23.2. The molecule has 0 atom stereocenters. The molecule has 0 bridgehead atoms. The predicted molar refractivity (Wildman–Crippen MR) is 268 cm³/mol. The summed E-state index contributed by atoms with van der Waals surface area (Å²) in [6, 6.07) is 40.0. The summed E-state index contributed by atoms with van der Waals surface area (Å²) in [5.41, 5.74) is 19.8. The summed E-state index contributed by atoms with van der Waals surface area (Å²) in [6.07, 6.45) is 2.17. The first-order chi connectivity index (χ1) is 28.8. The molecule has 3 aliphatic rings. The van der Waals surface area contributed by atoms with Gasteiger partial charge in [0.1, 0.15) is 5.76 Å². The van der Waals surface area contributed by atoms with Crippen molar-refractivity contribution < 1.29 is 4.42 Å². The highest BCUT2D eigenvalue weighted by molar-refractivity contribution is 6.99. The van der Waals surface area contributed by atoms with Crippen LogP contribution in [-0.2, 0) is 32.5 Å². The van der Waals surface area contributed by atoms with E-state index in [0.717, 1.165) is 24.3 Å². The maximum atomic E-state index is 7.72. The van der Waals surface area contributed by atoms with Crippen LogP contribution < -0.4 is 26.4 Å². The highest BCUT2D eigenvalue weighted by Gasteiger charge is 2.53. The first kappa shape index (κ1) is 42.4. The number of anilines is 6. The maximum Gasteiger partial charge on any atom is 0.297 e. The lowest BCUT2D eigenvalue weighted by molar-refractivity contribution is 0.282. The maximum absolute atomic E-state index is 7.72. The SMILES string of the molecule is CC(C)(C)c1ccc(N2c3ccc(C(C)(C)C)cc3B3c4oc5c(c4N(c4ccc(C(C)(C)C)cc4-c4ccccc4)c4cc(C(C)(C)C)cc2c43)C(C)(C)CCC5(C)C)cc1. The Labute approximate surface area is 374 Å². The molecule has 1 aromatic heterocycles. The van der Waals surface area contributed by atoms with Crippen LogP contribution in [0.2, 0.25) is 0 Å². The quantitative estimate of drug-likeness (QED) is 0.166. The first-order valence-corrected chi connectivity index (χ1v) is 23.2. The second-order valence-electron chi connectivity index (χ2n) is 24.2. The molecule has 6 aromatic rings. The molecular weight excluding hydrogens is 751 g/mol. The van der Waals surface area contributed by atoms with E-state index < -0.39 is 0 Å². The van der Waals surface area contributed by atoms with E-state index in [0.29, 0.717) is 0 Å². The zero-order chi connectivity index (χ0) is 44.7. The molecule has 0 radical (unpaired) electrons. The van der Waals surface area contributed by atoms with Gasteiger partial charge in [-0.1, -0.05) is 171 Å². The monoisotopic (exact) mass is 821 g/mol. The van der Waals surface area contributed by atoms with Gasteiger partial charge < -0.3 is 14.2 Å². The van der Waals surface area contributed by atoms with Crippen molar-refractivity contribution in [3.05, 3.63) is 137 Å². The lowest BCUT2D eigenvalue weighted by atomic mass is 9.35. The Morgan fingerprint density at radius 3 is 1.60 bits per heavy atom. The smallest absolute Gasteiger partial charge is 0.297 e. The molecule has 0 spiro atoms. The van der Waals surface area contributed by atoms with Gasteiger partial charge in [0.2, 0.25) is 0 Å². The van der Waals surface area contributed by atoms with Gasteiger partial charge >= 0.3 is 0 Å². The van der Waals surface area contributed by atoms with Gasteiger partial charge in [0, 0.05) is 39.3 Å². The van der Waals surface area contributed by atoms with Crippen molar-refractivity contribution in [3.63, 3.8) is 0 Å². The fourth-order valence-corrected chi connectivity index (χ4v) is 10.4. The number of benzene rings is 5. The van der Waals surface area contributed by atoms with E-state index in [1.54, 1.807) is 0 Å². The van der Waals surface area contributed by atoms with Gasteiger partial charge in [-0.15, -0.1) is 0 Å². The van der Waals surface area contributed by atoms with Crippen LogP contribution in [0.15, 0.2) is 108 Å². The third-order valence-corrected chi connectivity index (χ3v) is 14.5. The Bertz CT molecular complexity index is 2720. The van der Waals surface area contributed by atoms with Gasteiger partial charge in [-0.25, -0.2) is 0 Å². The number of rotatable bonds is 3. The van der Waals surface area contributed by atoms with E-state index in [4.69, 9.17) is 4.42 Å². The van der Waals surface area contributed by atoms with Crippen LogP contribution in [0.5, 0.6) is 0 Å². The summed E-state index contributed by atoms with van der Waals surface area (Å²) in [5, 5.41) is 0. The molecule has 0 saturated carbocycles. The standard InChI is InChI=1S/C58H69BN2O/c1-53(2,3)37-22-26-41(27-23-37)60-45-29-25-39(55(7,8)9)33-43(45)59-49-46(60)34-40(56(10,11)12)35-47(49)61(50-48-51(62-52(50)59)58(15,16)31-30-57(48,13)14)44-28-24-38(54(4,5)6)32-42(44)36-20-18-17-19-21-36/h17-29,32-35H,30-31H2,1-16H3. The number of hydrogen-bond donors (Lipinski definition) is 0.